The summed E-state index contributed by atoms with van der Waals surface area (Å²) in [4.78, 5) is 48.5. The van der Waals surface area contributed by atoms with Crippen LogP contribution in [-0.2, 0) is 14.3 Å². The lowest BCUT2D eigenvalue weighted by Crippen LogP contribution is -2.49. The number of rotatable bonds is 8. The molecule has 200 valence electrons. The van der Waals surface area contributed by atoms with E-state index in [2.05, 4.69) is 15.3 Å². The number of hydrogen-bond donors (Lipinski definition) is 3. The number of piperazine rings is 1. The third kappa shape index (κ3) is 5.70. The fraction of sp³-hybridized carbons (Fsp3) is 0.385. The molecule has 2 aromatic carbocycles. The molecule has 4 N–H and O–H groups in total. The molecule has 1 aromatic heterocycles. The fourth-order valence-corrected chi connectivity index (χ4v) is 4.82. The zero-order valence-corrected chi connectivity index (χ0v) is 21.1. The molecular formula is C26H30FN7O4. The molecule has 12 heteroatoms. The first-order valence-corrected chi connectivity index (χ1v) is 12.5. The number of carbonyl (C=O) groups excluding carboxylic acids is 3. The number of aromatic amines is 1. The third-order valence-corrected chi connectivity index (χ3v) is 6.80. The lowest BCUT2D eigenvalue weighted by molar-refractivity contribution is -0.118. The normalized spacial score (nSPS) is 18.2. The molecule has 0 saturated carbocycles. The number of amides is 2. The number of nitrogens with zero attached hydrogens (tertiary/aromatic N) is 4. The van der Waals surface area contributed by atoms with Gasteiger partial charge in [-0.15, -0.1) is 0 Å². The number of fused-ring (bicyclic) bond motifs is 1. The van der Waals surface area contributed by atoms with Crippen molar-refractivity contribution in [2.24, 2.45) is 0 Å². The molecular weight excluding hydrogens is 493 g/mol. The molecule has 11 nitrogen and oxygen atoms in total. The van der Waals surface area contributed by atoms with Gasteiger partial charge in [0, 0.05) is 38.3 Å². The minimum absolute atomic E-state index is 0.0359. The number of benzene rings is 2. The lowest BCUT2D eigenvalue weighted by atomic mass is 10.1. The zero-order valence-electron chi connectivity index (χ0n) is 21.1. The second kappa shape index (κ2) is 10.7. The lowest BCUT2D eigenvalue weighted by Gasteiger charge is -2.36. The summed E-state index contributed by atoms with van der Waals surface area (Å²) in [6.45, 7) is 4.32. The molecule has 2 amide bonds. The Morgan fingerprint density at radius 1 is 1.18 bits per heavy atom. The van der Waals surface area contributed by atoms with E-state index in [4.69, 9.17) is 10.5 Å². The Bertz CT molecular complexity index is 1370. The second-order valence-corrected chi connectivity index (χ2v) is 9.66. The SMILES string of the molecule is CC(=O)CCC1CN(c2ccc(N3CCN(CC(=O)Nc4ccc5nc(N)[nH]c5c4)CC3)c(F)c2)C(=O)O1. The number of nitrogens with one attached hydrogen (secondary N) is 2. The van der Waals surface area contributed by atoms with Crippen LogP contribution < -0.4 is 20.9 Å². The van der Waals surface area contributed by atoms with Crippen LogP contribution in [0, 0.1) is 5.82 Å². The third-order valence-electron chi connectivity index (χ3n) is 6.80. The number of anilines is 4. The predicted molar refractivity (Wildman–Crippen MR) is 142 cm³/mol. The monoisotopic (exact) mass is 523 g/mol. The van der Waals surface area contributed by atoms with E-state index in [9.17, 15) is 14.4 Å². The summed E-state index contributed by atoms with van der Waals surface area (Å²) in [6.07, 6.45) is -0.129. The topological polar surface area (TPSA) is 137 Å². The quantitative estimate of drug-likeness (QED) is 0.410. The number of imidazole rings is 1. The smallest absolute Gasteiger partial charge is 0.414 e. The summed E-state index contributed by atoms with van der Waals surface area (Å²) < 4.78 is 20.4. The number of nitrogen functional groups attached to an aromatic ring is 1. The fourth-order valence-electron chi connectivity index (χ4n) is 4.82. The maximum Gasteiger partial charge on any atom is 0.414 e. The van der Waals surface area contributed by atoms with E-state index in [1.807, 2.05) is 9.80 Å². The van der Waals surface area contributed by atoms with Gasteiger partial charge in [-0.2, -0.15) is 0 Å². The Labute approximate surface area is 218 Å². The van der Waals surface area contributed by atoms with Crippen LogP contribution in [0.2, 0.25) is 0 Å². The average molecular weight is 524 g/mol. The van der Waals surface area contributed by atoms with Crippen LogP contribution >= 0.6 is 0 Å². The van der Waals surface area contributed by atoms with Gasteiger partial charge in [-0.3, -0.25) is 14.6 Å². The van der Waals surface area contributed by atoms with E-state index in [-0.39, 0.29) is 30.9 Å². The molecule has 0 aliphatic carbocycles. The maximum absolute atomic E-state index is 15.1. The van der Waals surface area contributed by atoms with Gasteiger partial charge in [0.2, 0.25) is 5.91 Å². The summed E-state index contributed by atoms with van der Waals surface area (Å²) in [5.74, 6) is -0.210. The van der Waals surface area contributed by atoms with Crippen LogP contribution in [0.15, 0.2) is 36.4 Å². The number of aromatic nitrogens is 2. The second-order valence-electron chi connectivity index (χ2n) is 9.66. The number of cyclic esters (lactones) is 1. The maximum atomic E-state index is 15.1. The molecule has 2 fully saturated rings. The zero-order chi connectivity index (χ0) is 26.8. The van der Waals surface area contributed by atoms with Gasteiger partial charge in [-0.25, -0.2) is 14.2 Å². The first-order chi connectivity index (χ1) is 18.2. The molecule has 5 rings (SSSR count). The first-order valence-electron chi connectivity index (χ1n) is 12.5. The number of carbonyl (C=O) groups is 3. The molecule has 2 saturated heterocycles. The van der Waals surface area contributed by atoms with Crippen LogP contribution in [0.25, 0.3) is 11.0 Å². The molecule has 1 atom stereocenters. The Morgan fingerprint density at radius 3 is 2.71 bits per heavy atom. The minimum Gasteiger partial charge on any atom is -0.444 e. The molecule has 3 aromatic rings. The molecule has 0 radical (unpaired) electrons. The largest absolute Gasteiger partial charge is 0.444 e. The summed E-state index contributed by atoms with van der Waals surface area (Å²) in [5, 5.41) is 2.89. The highest BCUT2D eigenvalue weighted by atomic mass is 19.1. The van der Waals surface area contributed by atoms with Crippen LogP contribution in [0.1, 0.15) is 19.8 Å². The van der Waals surface area contributed by atoms with Crippen molar-refractivity contribution < 1.29 is 23.5 Å². The van der Waals surface area contributed by atoms with E-state index in [0.29, 0.717) is 62.0 Å². The van der Waals surface area contributed by atoms with Crippen molar-refractivity contribution in [3.8, 4) is 0 Å². The highest BCUT2D eigenvalue weighted by molar-refractivity contribution is 5.94. The van der Waals surface area contributed by atoms with Crippen molar-refractivity contribution in [2.75, 3.05) is 60.1 Å². The van der Waals surface area contributed by atoms with Gasteiger partial charge in [-0.05, 0) is 49.7 Å². The van der Waals surface area contributed by atoms with Gasteiger partial charge in [0.05, 0.1) is 35.5 Å². The Hall–Kier alpha value is -4.19. The molecule has 2 aliphatic heterocycles. The Balaban J connectivity index is 1.13. The molecule has 0 bridgehead atoms. The number of hydrogen-bond acceptors (Lipinski definition) is 8. The van der Waals surface area contributed by atoms with Crippen molar-refractivity contribution in [1.29, 1.82) is 0 Å². The number of Topliss-reactive ketones (excluding diaryl/α,β-unsaturated/α-hetero) is 1. The van der Waals surface area contributed by atoms with Gasteiger partial charge in [0.1, 0.15) is 17.7 Å². The highest BCUT2D eigenvalue weighted by Gasteiger charge is 2.33. The molecule has 1 unspecified atom stereocenters. The summed E-state index contributed by atoms with van der Waals surface area (Å²) in [5.41, 5.74) is 8.67. The number of nitrogens with two attached hydrogens (primary N) is 1. The predicted octanol–water partition coefficient (Wildman–Crippen LogP) is 2.74. The van der Waals surface area contributed by atoms with Crippen LogP contribution in [0.3, 0.4) is 0 Å². The first kappa shape index (κ1) is 25.5. The van der Waals surface area contributed by atoms with Gasteiger partial charge >= 0.3 is 6.09 Å². The van der Waals surface area contributed by atoms with Crippen molar-refractivity contribution in [3.05, 3.63) is 42.2 Å². The van der Waals surface area contributed by atoms with E-state index in [1.54, 1.807) is 30.3 Å². The summed E-state index contributed by atoms with van der Waals surface area (Å²) in [7, 11) is 0. The van der Waals surface area contributed by atoms with E-state index >= 15 is 4.39 Å². The Morgan fingerprint density at radius 2 is 1.97 bits per heavy atom. The summed E-state index contributed by atoms with van der Waals surface area (Å²) >= 11 is 0. The van der Waals surface area contributed by atoms with E-state index in [1.165, 1.54) is 17.9 Å². The van der Waals surface area contributed by atoms with Crippen molar-refractivity contribution in [2.45, 2.75) is 25.9 Å². The highest BCUT2D eigenvalue weighted by Crippen LogP contribution is 2.29. The molecule has 2 aliphatic rings. The van der Waals surface area contributed by atoms with Crippen molar-refractivity contribution in [1.82, 2.24) is 14.9 Å². The van der Waals surface area contributed by atoms with Crippen molar-refractivity contribution in [3.63, 3.8) is 0 Å². The van der Waals surface area contributed by atoms with Crippen LogP contribution in [-0.4, -0.2) is 78.0 Å². The Kier molecular flexibility index (Phi) is 7.14. The number of ether oxygens (including phenoxy) is 1. The van der Waals surface area contributed by atoms with Crippen molar-refractivity contribution >= 4 is 51.8 Å². The van der Waals surface area contributed by atoms with Gasteiger partial charge in [0.25, 0.3) is 0 Å². The van der Waals surface area contributed by atoms with Gasteiger partial charge in [0.15, 0.2) is 5.95 Å². The molecule has 38 heavy (non-hydrogen) atoms. The van der Waals surface area contributed by atoms with E-state index in [0.717, 1.165) is 11.0 Å². The minimum atomic E-state index is -0.536. The van der Waals surface area contributed by atoms with Gasteiger partial charge < -0.3 is 30.5 Å². The number of halogens is 1. The van der Waals surface area contributed by atoms with Crippen LogP contribution in [0.4, 0.5) is 32.2 Å². The van der Waals surface area contributed by atoms with E-state index < -0.39 is 11.9 Å². The standard InChI is InChI=1S/C26H30FN7O4/c1-16(35)2-5-19-14-34(26(37)38-19)18-4-7-23(20(27)13-18)33-10-8-32(9-11-33)15-24(36)29-17-3-6-21-22(12-17)31-25(28)30-21/h3-4,6-7,12-13,19H,2,5,8-11,14-15H2,1H3,(H,29,36)(H3,28,30,31). The number of H-pyrrole nitrogens is 1. The number of ketones is 1. The average Bonchev–Trinajstić information content (AvgIpc) is 3.44. The molecule has 3 heterocycles. The van der Waals surface area contributed by atoms with Crippen LogP contribution in [0.5, 0.6) is 0 Å². The molecule has 0 spiro atoms. The summed E-state index contributed by atoms with van der Waals surface area (Å²) in [6, 6.07) is 10.1. The van der Waals surface area contributed by atoms with Gasteiger partial charge in [-0.1, -0.05) is 0 Å².